The Bertz CT molecular complexity index is 637. The van der Waals surface area contributed by atoms with Crippen LogP contribution >= 0.6 is 0 Å². The maximum Gasteiger partial charge on any atom is 0.248 e. The van der Waals surface area contributed by atoms with Gasteiger partial charge in [0.25, 0.3) is 0 Å². The highest BCUT2D eigenvalue weighted by Gasteiger charge is 2.36. The van der Waals surface area contributed by atoms with Gasteiger partial charge in [-0.25, -0.2) is 8.42 Å². The van der Waals surface area contributed by atoms with Gasteiger partial charge in [-0.15, -0.1) is 0 Å². The lowest BCUT2D eigenvalue weighted by Crippen LogP contribution is -2.51. The second-order valence-electron chi connectivity index (χ2n) is 7.07. The molecule has 0 aromatic carbocycles. The lowest BCUT2D eigenvalue weighted by atomic mass is 9.89. The second-order valence-corrected chi connectivity index (χ2v) is 8.95. The summed E-state index contributed by atoms with van der Waals surface area (Å²) in [5.41, 5.74) is 0.748. The number of sulfonamides is 1. The second kappa shape index (κ2) is 6.16. The Hall–Kier alpha value is -0.960. The molecule has 3 heterocycles. The number of aryl methyl sites for hydroxylation is 2. The highest BCUT2D eigenvalue weighted by atomic mass is 32.2. The molecule has 2 aliphatic heterocycles. The first-order chi connectivity index (χ1) is 10.8. The molecule has 2 saturated heterocycles. The lowest BCUT2D eigenvalue weighted by molar-refractivity contribution is 0.132. The summed E-state index contributed by atoms with van der Waals surface area (Å²) in [4.78, 5) is 2.62. The Kier molecular flexibility index (Phi) is 4.52. The molecule has 7 nitrogen and oxygen atoms in total. The van der Waals surface area contributed by atoms with E-state index in [1.165, 1.54) is 6.42 Å². The summed E-state index contributed by atoms with van der Waals surface area (Å²) in [7, 11) is -3.51. The Morgan fingerprint density at radius 2 is 1.96 bits per heavy atom. The summed E-state index contributed by atoms with van der Waals surface area (Å²) in [6.45, 7) is 11.4. The minimum absolute atomic E-state index is 0.234. The zero-order valence-electron chi connectivity index (χ0n) is 14.1. The molecule has 0 aliphatic carbocycles. The minimum Gasteiger partial charge on any atom is -0.360 e. The normalized spacial score (nSPS) is 27.6. The Morgan fingerprint density at radius 1 is 1.26 bits per heavy atom. The molecule has 1 aromatic rings. The molecule has 0 bridgehead atoms. The molecule has 0 saturated carbocycles. The molecule has 1 N–H and O–H groups in total. The van der Waals surface area contributed by atoms with Crippen LogP contribution in [0.2, 0.25) is 0 Å². The molecular formula is C15H26N4O3S. The molecule has 0 spiro atoms. The fourth-order valence-electron chi connectivity index (χ4n) is 3.64. The summed E-state index contributed by atoms with van der Waals surface area (Å²) in [5.74, 6) is 0.370. The topological polar surface area (TPSA) is 78.7 Å². The predicted octanol–water partition coefficient (Wildman–Crippen LogP) is 0.597. The van der Waals surface area contributed by atoms with Crippen molar-refractivity contribution >= 4 is 10.0 Å². The van der Waals surface area contributed by atoms with Gasteiger partial charge < -0.3 is 14.7 Å². The molecule has 3 rings (SSSR count). The van der Waals surface area contributed by atoms with Crippen LogP contribution in [0.25, 0.3) is 0 Å². The van der Waals surface area contributed by atoms with Crippen LogP contribution in [0.1, 0.15) is 24.8 Å². The van der Waals surface area contributed by atoms with Gasteiger partial charge in [-0.05, 0) is 32.2 Å². The molecular weight excluding hydrogens is 316 g/mol. The number of nitrogens with one attached hydrogen (secondary N) is 1. The Morgan fingerprint density at radius 3 is 2.48 bits per heavy atom. The summed E-state index contributed by atoms with van der Waals surface area (Å²) in [5, 5.41) is 7.19. The van der Waals surface area contributed by atoms with Crippen LogP contribution in [0, 0.1) is 19.3 Å². The van der Waals surface area contributed by atoms with Gasteiger partial charge in [-0.3, -0.25) is 0 Å². The first-order valence-electron chi connectivity index (χ1n) is 8.18. The Balaban J connectivity index is 1.64. The molecule has 130 valence electrons. The van der Waals surface area contributed by atoms with Crippen LogP contribution in [-0.2, 0) is 10.0 Å². The number of rotatable bonds is 4. The van der Waals surface area contributed by atoms with Crippen molar-refractivity contribution in [1.82, 2.24) is 19.7 Å². The lowest BCUT2D eigenvalue weighted by Gasteiger charge is -2.38. The third kappa shape index (κ3) is 3.31. The molecule has 1 aromatic heterocycles. The third-order valence-corrected chi connectivity index (χ3v) is 7.10. The van der Waals surface area contributed by atoms with Gasteiger partial charge in [-0.2, -0.15) is 4.31 Å². The molecule has 0 radical (unpaired) electrons. The predicted molar refractivity (Wildman–Crippen MR) is 86.8 cm³/mol. The van der Waals surface area contributed by atoms with Crippen molar-refractivity contribution in [2.24, 2.45) is 5.41 Å². The van der Waals surface area contributed by atoms with E-state index in [4.69, 9.17) is 4.52 Å². The standard InChI is InChI=1S/C15H26N4O3S/c1-12-14(13(2)22-17-12)23(20,21)19-8-6-18(7-9-19)11-15(3)4-5-16-10-15/h16H,4-11H2,1-3H3. The smallest absolute Gasteiger partial charge is 0.248 e. The van der Waals surface area contributed by atoms with E-state index in [1.54, 1.807) is 18.2 Å². The van der Waals surface area contributed by atoms with Crippen molar-refractivity contribution in [2.45, 2.75) is 32.1 Å². The van der Waals surface area contributed by atoms with E-state index in [0.717, 1.165) is 32.7 Å². The average Bonchev–Trinajstić information content (AvgIpc) is 3.06. The van der Waals surface area contributed by atoms with Crippen molar-refractivity contribution < 1.29 is 12.9 Å². The van der Waals surface area contributed by atoms with Gasteiger partial charge in [0.05, 0.1) is 0 Å². The van der Waals surface area contributed by atoms with E-state index in [9.17, 15) is 8.42 Å². The number of piperazine rings is 1. The van der Waals surface area contributed by atoms with Crippen LogP contribution < -0.4 is 5.32 Å². The minimum atomic E-state index is -3.51. The van der Waals surface area contributed by atoms with Gasteiger partial charge in [-0.1, -0.05) is 12.1 Å². The van der Waals surface area contributed by atoms with Crippen LogP contribution in [-0.4, -0.2) is 68.6 Å². The fourth-order valence-corrected chi connectivity index (χ4v) is 5.36. The van der Waals surface area contributed by atoms with Gasteiger partial charge in [0, 0.05) is 39.3 Å². The molecule has 1 atom stereocenters. The third-order valence-electron chi connectivity index (χ3n) is 4.96. The van der Waals surface area contributed by atoms with Crippen LogP contribution in [0.15, 0.2) is 9.42 Å². The molecule has 2 fully saturated rings. The summed E-state index contributed by atoms with van der Waals surface area (Å²) < 4.78 is 32.2. The van der Waals surface area contributed by atoms with Gasteiger partial charge in [0.15, 0.2) is 5.76 Å². The van der Waals surface area contributed by atoms with Crippen molar-refractivity contribution in [3.8, 4) is 0 Å². The largest absolute Gasteiger partial charge is 0.360 e. The van der Waals surface area contributed by atoms with Crippen LogP contribution in [0.4, 0.5) is 0 Å². The fraction of sp³-hybridized carbons (Fsp3) is 0.800. The van der Waals surface area contributed by atoms with Crippen molar-refractivity contribution in [1.29, 1.82) is 0 Å². The molecule has 2 aliphatic rings. The monoisotopic (exact) mass is 342 g/mol. The highest BCUT2D eigenvalue weighted by molar-refractivity contribution is 7.89. The van der Waals surface area contributed by atoms with Crippen molar-refractivity contribution in [3.05, 3.63) is 11.5 Å². The zero-order chi connectivity index (χ0) is 16.7. The van der Waals surface area contributed by atoms with E-state index in [2.05, 4.69) is 22.3 Å². The summed E-state index contributed by atoms with van der Waals surface area (Å²) >= 11 is 0. The van der Waals surface area contributed by atoms with Crippen molar-refractivity contribution in [2.75, 3.05) is 45.8 Å². The number of nitrogens with zero attached hydrogens (tertiary/aromatic N) is 3. The quantitative estimate of drug-likeness (QED) is 0.863. The van der Waals surface area contributed by atoms with Gasteiger partial charge in [0.2, 0.25) is 10.0 Å². The number of hydrogen-bond donors (Lipinski definition) is 1. The van der Waals surface area contributed by atoms with E-state index in [0.29, 0.717) is 30.0 Å². The molecule has 0 amide bonds. The average molecular weight is 342 g/mol. The highest BCUT2D eigenvalue weighted by Crippen LogP contribution is 2.28. The molecule has 1 unspecified atom stereocenters. The Labute approximate surface area is 138 Å². The van der Waals surface area contributed by atoms with Crippen molar-refractivity contribution in [3.63, 3.8) is 0 Å². The van der Waals surface area contributed by atoms with Crippen LogP contribution in [0.5, 0.6) is 0 Å². The molecule has 23 heavy (non-hydrogen) atoms. The van der Waals surface area contributed by atoms with Gasteiger partial charge in [0.1, 0.15) is 10.6 Å². The first-order valence-corrected chi connectivity index (χ1v) is 9.62. The maximum absolute atomic E-state index is 12.8. The number of hydrogen-bond acceptors (Lipinski definition) is 6. The van der Waals surface area contributed by atoms with Gasteiger partial charge >= 0.3 is 0 Å². The first kappa shape index (κ1) is 16.9. The van der Waals surface area contributed by atoms with Crippen LogP contribution in [0.3, 0.4) is 0 Å². The molecule has 8 heteroatoms. The van der Waals surface area contributed by atoms with E-state index in [1.807, 2.05) is 0 Å². The zero-order valence-corrected chi connectivity index (χ0v) is 14.9. The number of aromatic nitrogens is 1. The summed E-state index contributed by atoms with van der Waals surface area (Å²) in [6, 6.07) is 0. The van der Waals surface area contributed by atoms with E-state index >= 15 is 0 Å². The van der Waals surface area contributed by atoms with E-state index in [-0.39, 0.29) is 4.90 Å². The van der Waals surface area contributed by atoms with E-state index < -0.39 is 10.0 Å². The summed E-state index contributed by atoms with van der Waals surface area (Å²) in [6.07, 6.45) is 1.19. The maximum atomic E-state index is 12.8. The SMILES string of the molecule is Cc1noc(C)c1S(=O)(=O)N1CCN(CC2(C)CCNC2)CC1.